The average Bonchev–Trinajstić information content (AvgIpc) is 2.55. The highest BCUT2D eigenvalue weighted by atomic mass is 16.5. The Morgan fingerprint density at radius 3 is 2.92 bits per heavy atom. The Kier molecular flexibility index (Phi) is 6.01. The molecule has 2 atom stereocenters. The van der Waals surface area contributed by atoms with Gasteiger partial charge in [-0.05, 0) is 31.5 Å². The fourth-order valence-corrected chi connectivity index (χ4v) is 2.52. The van der Waals surface area contributed by atoms with Gasteiger partial charge in [0, 0.05) is 5.70 Å². The number of ether oxygens (including phenoxy) is 2. The third-order valence-electron chi connectivity index (χ3n) is 3.61. The van der Waals surface area contributed by atoms with Crippen LogP contribution in [0.2, 0.25) is 0 Å². The van der Waals surface area contributed by atoms with Crippen LogP contribution in [0, 0.1) is 5.92 Å². The van der Waals surface area contributed by atoms with Crippen LogP contribution in [0.25, 0.3) is 0 Å². The number of benzene rings is 1. The zero-order chi connectivity index (χ0) is 17.5. The van der Waals surface area contributed by atoms with E-state index in [0.717, 1.165) is 5.56 Å². The molecule has 1 heterocycles. The summed E-state index contributed by atoms with van der Waals surface area (Å²) in [7, 11) is 0. The van der Waals surface area contributed by atoms with Crippen LogP contribution in [-0.4, -0.2) is 25.2 Å². The highest BCUT2D eigenvalue weighted by Gasteiger charge is 2.38. The number of urea groups is 1. The van der Waals surface area contributed by atoms with Crippen molar-refractivity contribution in [2.24, 2.45) is 5.92 Å². The molecule has 6 heteroatoms. The van der Waals surface area contributed by atoms with Crippen molar-refractivity contribution in [1.29, 1.82) is 0 Å². The van der Waals surface area contributed by atoms with E-state index >= 15 is 0 Å². The number of nitrogens with one attached hydrogen (secondary N) is 2. The first-order chi connectivity index (χ1) is 11.6. The Bertz CT molecular complexity index is 654. The fourth-order valence-electron chi connectivity index (χ4n) is 2.52. The summed E-state index contributed by atoms with van der Waals surface area (Å²) < 4.78 is 10.7. The van der Waals surface area contributed by atoms with E-state index in [1.807, 2.05) is 32.0 Å². The number of hydrogen-bond donors (Lipinski definition) is 2. The number of allylic oxidation sites excluding steroid dienone is 1. The zero-order valence-corrected chi connectivity index (χ0v) is 13.9. The number of carbonyl (C=O) groups is 2. The van der Waals surface area contributed by atoms with Gasteiger partial charge in [-0.2, -0.15) is 0 Å². The lowest BCUT2D eigenvalue weighted by atomic mass is 9.89. The van der Waals surface area contributed by atoms with E-state index < -0.39 is 24.0 Å². The number of esters is 1. The molecule has 1 aliphatic heterocycles. The first-order valence-electron chi connectivity index (χ1n) is 7.83. The molecule has 0 saturated carbocycles. The molecule has 0 radical (unpaired) electrons. The lowest BCUT2D eigenvalue weighted by molar-refractivity contribution is -0.147. The van der Waals surface area contributed by atoms with Crippen molar-refractivity contribution in [3.8, 4) is 5.75 Å². The molecule has 128 valence electrons. The van der Waals surface area contributed by atoms with E-state index in [9.17, 15) is 9.59 Å². The Morgan fingerprint density at radius 2 is 2.21 bits per heavy atom. The van der Waals surface area contributed by atoms with Crippen molar-refractivity contribution in [3.05, 3.63) is 54.3 Å². The first-order valence-corrected chi connectivity index (χ1v) is 7.83. The van der Waals surface area contributed by atoms with Crippen LogP contribution < -0.4 is 15.4 Å². The standard InChI is InChI=1S/C18H22N2O4/c1-4-6-10-24-17(21)15-12(3)19-18(22)20-16(15)13-8-7-9-14(11-13)23-5-2/h4,6-9,11,15-16H,3,5,10H2,1-2H3,(H2,19,20,22)/b6-4+/t15-,16-/m0/s1. The van der Waals surface area contributed by atoms with Crippen LogP contribution in [0.15, 0.2) is 48.7 Å². The Hall–Kier alpha value is -2.76. The molecule has 1 aromatic carbocycles. The van der Waals surface area contributed by atoms with Crippen LogP contribution >= 0.6 is 0 Å². The Balaban J connectivity index is 2.28. The highest BCUT2D eigenvalue weighted by molar-refractivity contribution is 5.85. The predicted octanol–water partition coefficient (Wildman–Crippen LogP) is 2.69. The molecule has 0 bridgehead atoms. The van der Waals surface area contributed by atoms with E-state index in [1.165, 1.54) is 0 Å². The predicted molar refractivity (Wildman–Crippen MR) is 90.4 cm³/mol. The van der Waals surface area contributed by atoms with Crippen molar-refractivity contribution in [2.75, 3.05) is 13.2 Å². The normalized spacial score (nSPS) is 20.4. The van der Waals surface area contributed by atoms with E-state index in [1.54, 1.807) is 18.2 Å². The summed E-state index contributed by atoms with van der Waals surface area (Å²) >= 11 is 0. The van der Waals surface area contributed by atoms with Crippen LogP contribution in [0.1, 0.15) is 25.5 Å². The molecule has 1 saturated heterocycles. The number of carbonyl (C=O) groups excluding carboxylic acids is 2. The van der Waals surface area contributed by atoms with Crippen LogP contribution in [0.3, 0.4) is 0 Å². The number of amides is 2. The lowest BCUT2D eigenvalue weighted by Gasteiger charge is -2.33. The molecule has 2 N–H and O–H groups in total. The second-order valence-electron chi connectivity index (χ2n) is 5.28. The molecular weight excluding hydrogens is 308 g/mol. The third kappa shape index (κ3) is 4.16. The van der Waals surface area contributed by atoms with Crippen molar-refractivity contribution < 1.29 is 19.1 Å². The van der Waals surface area contributed by atoms with Crippen LogP contribution in [0.4, 0.5) is 4.79 Å². The SMILES string of the molecule is C=C1NC(=O)N[C@@H](c2cccc(OCC)c2)[C@H]1C(=O)OC/C=C/C. The Morgan fingerprint density at radius 1 is 1.42 bits per heavy atom. The molecule has 0 aromatic heterocycles. The molecule has 24 heavy (non-hydrogen) atoms. The molecule has 2 rings (SSSR count). The van der Waals surface area contributed by atoms with Crippen molar-refractivity contribution in [3.63, 3.8) is 0 Å². The molecule has 1 aliphatic rings. The molecule has 0 aliphatic carbocycles. The molecule has 0 unspecified atom stereocenters. The largest absolute Gasteiger partial charge is 0.494 e. The minimum atomic E-state index is -0.718. The van der Waals surface area contributed by atoms with Gasteiger partial charge >= 0.3 is 12.0 Å². The summed E-state index contributed by atoms with van der Waals surface area (Å²) in [5, 5.41) is 5.31. The first kappa shape index (κ1) is 17.6. The van der Waals surface area contributed by atoms with Gasteiger partial charge in [-0.25, -0.2) is 4.79 Å². The maximum absolute atomic E-state index is 12.4. The minimum absolute atomic E-state index is 0.179. The van der Waals surface area contributed by atoms with Crippen molar-refractivity contribution >= 4 is 12.0 Å². The monoisotopic (exact) mass is 330 g/mol. The maximum Gasteiger partial charge on any atom is 0.319 e. The van der Waals surface area contributed by atoms with Gasteiger partial charge in [0.1, 0.15) is 18.3 Å². The van der Waals surface area contributed by atoms with E-state index in [2.05, 4.69) is 17.2 Å². The van der Waals surface area contributed by atoms with E-state index in [0.29, 0.717) is 18.1 Å². The fraction of sp³-hybridized carbons (Fsp3) is 0.333. The number of hydrogen-bond acceptors (Lipinski definition) is 4. The second-order valence-corrected chi connectivity index (χ2v) is 5.28. The summed E-state index contributed by atoms with van der Waals surface area (Å²) in [4.78, 5) is 24.3. The number of rotatable bonds is 6. The quantitative estimate of drug-likeness (QED) is 0.621. The topological polar surface area (TPSA) is 76.7 Å². The van der Waals surface area contributed by atoms with Gasteiger partial charge in [-0.1, -0.05) is 30.9 Å². The van der Waals surface area contributed by atoms with E-state index in [4.69, 9.17) is 9.47 Å². The third-order valence-corrected chi connectivity index (χ3v) is 3.61. The van der Waals surface area contributed by atoms with Crippen molar-refractivity contribution in [2.45, 2.75) is 19.9 Å². The van der Waals surface area contributed by atoms with Crippen LogP contribution in [-0.2, 0) is 9.53 Å². The maximum atomic E-state index is 12.4. The second kappa shape index (κ2) is 8.19. The van der Waals surface area contributed by atoms with Crippen molar-refractivity contribution in [1.82, 2.24) is 10.6 Å². The summed E-state index contributed by atoms with van der Waals surface area (Å²) in [6.07, 6.45) is 3.53. The van der Waals surface area contributed by atoms with Gasteiger partial charge in [0.15, 0.2) is 0 Å². The molecule has 1 aromatic rings. The van der Waals surface area contributed by atoms with Crippen LogP contribution in [0.5, 0.6) is 5.75 Å². The van der Waals surface area contributed by atoms with E-state index in [-0.39, 0.29) is 6.61 Å². The molecule has 2 amide bonds. The lowest BCUT2D eigenvalue weighted by Crippen LogP contribution is -2.51. The van der Waals surface area contributed by atoms with Gasteiger partial charge < -0.3 is 20.1 Å². The molecule has 6 nitrogen and oxygen atoms in total. The average molecular weight is 330 g/mol. The van der Waals surface area contributed by atoms with Gasteiger partial charge in [-0.15, -0.1) is 0 Å². The highest BCUT2D eigenvalue weighted by Crippen LogP contribution is 2.32. The van der Waals surface area contributed by atoms with Gasteiger partial charge in [0.05, 0.1) is 12.6 Å². The van der Waals surface area contributed by atoms with Gasteiger partial charge in [0.2, 0.25) is 0 Å². The minimum Gasteiger partial charge on any atom is -0.494 e. The summed E-state index contributed by atoms with van der Waals surface area (Å²) in [5.41, 5.74) is 1.07. The van der Waals surface area contributed by atoms with Gasteiger partial charge in [-0.3, -0.25) is 4.79 Å². The summed E-state index contributed by atoms with van der Waals surface area (Å²) in [5.74, 6) is -0.489. The zero-order valence-electron chi connectivity index (χ0n) is 13.9. The molecule has 1 fully saturated rings. The molecule has 0 spiro atoms. The summed E-state index contributed by atoms with van der Waals surface area (Å²) in [6, 6.07) is 6.32. The summed E-state index contributed by atoms with van der Waals surface area (Å²) in [6.45, 7) is 8.25. The smallest absolute Gasteiger partial charge is 0.319 e. The van der Waals surface area contributed by atoms with Gasteiger partial charge in [0.25, 0.3) is 0 Å². The Labute approximate surface area is 141 Å². The molecular formula is C18H22N2O4.